The average molecular weight is 285 g/mol. The van der Waals surface area contributed by atoms with Crippen LogP contribution in [0.4, 0.5) is 5.13 Å². The summed E-state index contributed by atoms with van der Waals surface area (Å²) in [5, 5.41) is 13.0. The zero-order valence-electron chi connectivity index (χ0n) is 12.2. The molecule has 0 saturated carbocycles. The maximum atomic E-state index is 12.1. The molecule has 108 valence electrons. The van der Waals surface area contributed by atoms with Crippen molar-refractivity contribution >= 4 is 22.4 Å². The summed E-state index contributed by atoms with van der Waals surface area (Å²) in [6.07, 6.45) is 0.350. The predicted molar refractivity (Wildman–Crippen MR) is 79.0 cm³/mol. The van der Waals surface area contributed by atoms with Crippen LogP contribution >= 0.6 is 11.3 Å². The van der Waals surface area contributed by atoms with E-state index in [9.17, 15) is 9.90 Å². The lowest BCUT2D eigenvalue weighted by Crippen LogP contribution is -2.29. The highest BCUT2D eigenvalue weighted by molar-refractivity contribution is 7.17. The summed E-state index contributed by atoms with van der Waals surface area (Å²) in [6, 6.07) is 0. The van der Waals surface area contributed by atoms with E-state index in [4.69, 9.17) is 0 Å². The van der Waals surface area contributed by atoms with E-state index in [-0.39, 0.29) is 17.9 Å². The lowest BCUT2D eigenvalue weighted by Gasteiger charge is -2.13. The van der Waals surface area contributed by atoms with Gasteiger partial charge in [0.25, 0.3) is 5.91 Å². The van der Waals surface area contributed by atoms with Crippen LogP contribution in [-0.4, -0.2) is 42.7 Å². The van der Waals surface area contributed by atoms with Gasteiger partial charge in [-0.1, -0.05) is 18.3 Å². The van der Waals surface area contributed by atoms with Gasteiger partial charge in [-0.15, -0.1) is 0 Å². The second-order valence-electron chi connectivity index (χ2n) is 5.21. The Hall–Kier alpha value is -1.14. The van der Waals surface area contributed by atoms with Crippen LogP contribution in [0.25, 0.3) is 0 Å². The maximum absolute atomic E-state index is 12.1. The van der Waals surface area contributed by atoms with Crippen LogP contribution in [0, 0.1) is 12.8 Å². The average Bonchev–Trinajstić information content (AvgIpc) is 2.67. The largest absolute Gasteiger partial charge is 0.393 e. The van der Waals surface area contributed by atoms with E-state index in [0.717, 1.165) is 10.8 Å². The number of nitrogens with zero attached hydrogens (tertiary/aromatic N) is 2. The van der Waals surface area contributed by atoms with Gasteiger partial charge in [0.2, 0.25) is 0 Å². The highest BCUT2D eigenvalue weighted by atomic mass is 32.1. The number of amides is 1. The summed E-state index contributed by atoms with van der Waals surface area (Å²) >= 11 is 1.39. The van der Waals surface area contributed by atoms with E-state index < -0.39 is 0 Å². The highest BCUT2D eigenvalue weighted by Gasteiger charge is 2.17. The molecule has 1 rings (SSSR count). The molecule has 1 amide bonds. The number of aromatic nitrogens is 1. The van der Waals surface area contributed by atoms with Crippen LogP contribution in [0.1, 0.15) is 35.6 Å². The number of aliphatic hydroxyl groups excluding tert-OH is 1. The maximum Gasteiger partial charge on any atom is 0.263 e. The van der Waals surface area contributed by atoms with Crippen molar-refractivity contribution in [2.24, 2.45) is 5.92 Å². The van der Waals surface area contributed by atoms with Gasteiger partial charge in [-0.25, -0.2) is 4.98 Å². The van der Waals surface area contributed by atoms with Crippen LogP contribution in [0.5, 0.6) is 0 Å². The van der Waals surface area contributed by atoms with Crippen molar-refractivity contribution in [1.29, 1.82) is 0 Å². The van der Waals surface area contributed by atoms with Crippen molar-refractivity contribution in [3.63, 3.8) is 0 Å². The number of aryl methyl sites for hydroxylation is 1. The summed E-state index contributed by atoms with van der Waals surface area (Å²) in [6.45, 7) is 6.18. The normalized spacial score (nSPS) is 14.0. The second-order valence-corrected chi connectivity index (χ2v) is 6.18. The number of nitrogens with one attached hydrogen (secondary N) is 1. The molecule has 0 radical (unpaired) electrons. The molecule has 5 nitrogen and oxygen atoms in total. The minimum Gasteiger partial charge on any atom is -0.393 e. The number of carbonyl (C=O) groups is 1. The second kappa shape index (κ2) is 6.86. The van der Waals surface area contributed by atoms with Gasteiger partial charge in [-0.3, -0.25) is 4.79 Å². The summed E-state index contributed by atoms with van der Waals surface area (Å²) < 4.78 is 0. The van der Waals surface area contributed by atoms with Crippen LogP contribution in [0.15, 0.2) is 0 Å². The molecule has 0 bridgehead atoms. The Bertz CT molecular complexity index is 430. The number of carbonyl (C=O) groups excluding carboxylic acids is 1. The first-order chi connectivity index (χ1) is 8.81. The molecule has 1 heterocycles. The Morgan fingerprint density at radius 2 is 2.11 bits per heavy atom. The zero-order chi connectivity index (χ0) is 14.6. The van der Waals surface area contributed by atoms with E-state index in [1.165, 1.54) is 11.3 Å². The molecule has 0 aliphatic heterocycles. The first-order valence-corrected chi connectivity index (χ1v) is 7.24. The topological polar surface area (TPSA) is 65.5 Å². The first-order valence-electron chi connectivity index (χ1n) is 6.42. The molecule has 0 saturated heterocycles. The quantitative estimate of drug-likeness (QED) is 0.834. The minimum atomic E-state index is -0.336. The van der Waals surface area contributed by atoms with E-state index in [1.807, 2.05) is 32.8 Å². The van der Waals surface area contributed by atoms with Gasteiger partial charge in [0.15, 0.2) is 5.13 Å². The van der Waals surface area contributed by atoms with Crippen molar-refractivity contribution in [3.05, 3.63) is 10.6 Å². The fourth-order valence-electron chi connectivity index (χ4n) is 1.80. The third-order valence-electron chi connectivity index (χ3n) is 2.73. The van der Waals surface area contributed by atoms with E-state index >= 15 is 0 Å². The number of hydrogen-bond acceptors (Lipinski definition) is 5. The van der Waals surface area contributed by atoms with E-state index in [1.54, 1.807) is 6.92 Å². The summed E-state index contributed by atoms with van der Waals surface area (Å²) in [5.74, 6) is 0.172. The number of hydrogen-bond donors (Lipinski definition) is 2. The summed E-state index contributed by atoms with van der Waals surface area (Å²) in [5.41, 5.74) is 0.759. The summed E-state index contributed by atoms with van der Waals surface area (Å²) in [4.78, 5) is 19.0. The Morgan fingerprint density at radius 3 is 2.58 bits per heavy atom. The van der Waals surface area contributed by atoms with Crippen molar-refractivity contribution in [3.8, 4) is 0 Å². The third-order valence-corrected chi connectivity index (χ3v) is 4.05. The molecule has 2 N–H and O–H groups in total. The lowest BCUT2D eigenvalue weighted by molar-refractivity contribution is 0.0942. The molecule has 2 atom stereocenters. The SMILES string of the molecule is Cc1nc(N(C)C)sc1C(=O)NCC(C)CC(C)O. The standard InChI is InChI=1S/C13H23N3O2S/c1-8(6-9(2)17)7-14-12(18)11-10(3)15-13(19-11)16(4)5/h8-9,17H,6-7H2,1-5H3,(H,14,18). The third kappa shape index (κ3) is 4.80. The van der Waals surface area contributed by atoms with Crippen LogP contribution < -0.4 is 10.2 Å². The molecule has 2 unspecified atom stereocenters. The van der Waals surface area contributed by atoms with Crippen LogP contribution in [0.2, 0.25) is 0 Å². The van der Waals surface area contributed by atoms with Gasteiger partial charge < -0.3 is 15.3 Å². The monoisotopic (exact) mass is 285 g/mol. The number of aliphatic hydroxyl groups is 1. The molecule has 0 aromatic carbocycles. The van der Waals surface area contributed by atoms with Gasteiger partial charge >= 0.3 is 0 Å². The number of anilines is 1. The molecule has 6 heteroatoms. The van der Waals surface area contributed by atoms with Crippen molar-refractivity contribution in [2.45, 2.75) is 33.3 Å². The fraction of sp³-hybridized carbons (Fsp3) is 0.692. The zero-order valence-corrected chi connectivity index (χ0v) is 13.0. The van der Waals surface area contributed by atoms with Gasteiger partial charge in [0, 0.05) is 20.6 Å². The molecule has 1 aromatic heterocycles. The van der Waals surface area contributed by atoms with Gasteiger partial charge in [0.1, 0.15) is 4.88 Å². The molecular weight excluding hydrogens is 262 g/mol. The lowest BCUT2D eigenvalue weighted by atomic mass is 10.0. The minimum absolute atomic E-state index is 0.0828. The fourth-order valence-corrected chi connectivity index (χ4v) is 2.70. The van der Waals surface area contributed by atoms with Crippen molar-refractivity contribution < 1.29 is 9.90 Å². The highest BCUT2D eigenvalue weighted by Crippen LogP contribution is 2.24. The Kier molecular flexibility index (Phi) is 5.75. The number of rotatable bonds is 6. The Labute approximate surface area is 118 Å². The smallest absolute Gasteiger partial charge is 0.263 e. The Balaban J connectivity index is 2.58. The first kappa shape index (κ1) is 15.9. The van der Waals surface area contributed by atoms with E-state index in [2.05, 4.69) is 10.3 Å². The van der Waals surface area contributed by atoms with Crippen molar-refractivity contribution in [1.82, 2.24) is 10.3 Å². The molecule has 1 aromatic rings. The molecule has 0 fully saturated rings. The number of thiazole rings is 1. The molecule has 19 heavy (non-hydrogen) atoms. The van der Waals surface area contributed by atoms with Gasteiger partial charge in [0.05, 0.1) is 11.8 Å². The molecule has 0 aliphatic carbocycles. The van der Waals surface area contributed by atoms with Crippen LogP contribution in [-0.2, 0) is 0 Å². The predicted octanol–water partition coefficient (Wildman–Crippen LogP) is 1.65. The van der Waals surface area contributed by atoms with Crippen LogP contribution in [0.3, 0.4) is 0 Å². The molecule has 0 spiro atoms. The molecular formula is C13H23N3O2S. The summed E-state index contributed by atoms with van der Waals surface area (Å²) in [7, 11) is 3.81. The van der Waals surface area contributed by atoms with Crippen molar-refractivity contribution in [2.75, 3.05) is 25.5 Å². The Morgan fingerprint density at radius 1 is 1.47 bits per heavy atom. The molecule has 0 aliphatic rings. The van der Waals surface area contributed by atoms with E-state index in [0.29, 0.717) is 17.8 Å². The van der Waals surface area contributed by atoms with Gasteiger partial charge in [-0.05, 0) is 26.2 Å². The van der Waals surface area contributed by atoms with Gasteiger partial charge in [-0.2, -0.15) is 0 Å².